The molecule has 7 nitrogen and oxygen atoms in total. The summed E-state index contributed by atoms with van der Waals surface area (Å²) in [4.78, 5) is 15.0. The second-order valence-corrected chi connectivity index (χ2v) is 6.88. The predicted octanol–water partition coefficient (Wildman–Crippen LogP) is 0.984. The zero-order chi connectivity index (χ0) is 16.8. The van der Waals surface area contributed by atoms with Crippen molar-refractivity contribution < 1.29 is 4.79 Å². The number of carbonyl (C=O) groups is 1. The molecule has 3 atom stereocenters. The number of carbonyl (C=O) groups excluding carboxylic acids is 1. The number of likely N-dealkylation sites (tertiary alicyclic amines) is 1. The van der Waals surface area contributed by atoms with Gasteiger partial charge in [0.1, 0.15) is 0 Å². The molecule has 5 rings (SSSR count). The number of pyridine rings is 1. The molecule has 0 spiro atoms. The molecule has 2 aliphatic rings. The smallest absolute Gasteiger partial charge is 0.255 e. The van der Waals surface area contributed by atoms with Crippen LogP contribution in [0.25, 0.3) is 5.65 Å². The van der Waals surface area contributed by atoms with Crippen molar-refractivity contribution in [2.24, 2.45) is 11.8 Å². The van der Waals surface area contributed by atoms with Crippen molar-refractivity contribution in [1.82, 2.24) is 30.3 Å². The predicted molar refractivity (Wildman–Crippen MR) is 90.7 cm³/mol. The molecule has 7 heteroatoms. The van der Waals surface area contributed by atoms with E-state index in [0.717, 1.165) is 19.6 Å². The SMILES string of the molecule is O=C(NC1[C@H]2CN(Cc3ccccc3)C[C@@H]12)c1cccn2nnnc12. The number of hydrogen-bond acceptors (Lipinski definition) is 5. The highest BCUT2D eigenvalue weighted by atomic mass is 16.1. The van der Waals surface area contributed by atoms with E-state index in [1.54, 1.807) is 18.3 Å². The molecule has 1 amide bonds. The molecule has 1 aromatic carbocycles. The Labute approximate surface area is 144 Å². The van der Waals surface area contributed by atoms with Crippen LogP contribution in [0.3, 0.4) is 0 Å². The molecule has 25 heavy (non-hydrogen) atoms. The number of benzene rings is 1. The van der Waals surface area contributed by atoms with Crippen molar-refractivity contribution in [3.8, 4) is 0 Å². The fourth-order valence-electron chi connectivity index (χ4n) is 3.97. The first-order valence-electron chi connectivity index (χ1n) is 8.53. The van der Waals surface area contributed by atoms with Gasteiger partial charge in [-0.2, -0.15) is 4.52 Å². The van der Waals surface area contributed by atoms with E-state index in [1.807, 2.05) is 6.07 Å². The van der Waals surface area contributed by atoms with Gasteiger partial charge in [0.25, 0.3) is 5.91 Å². The molecular formula is C18H18N6O. The number of amides is 1. The lowest BCUT2D eigenvalue weighted by Gasteiger charge is -2.19. The third kappa shape index (κ3) is 2.56. The quantitative estimate of drug-likeness (QED) is 0.770. The Hall–Kier alpha value is -2.80. The van der Waals surface area contributed by atoms with Crippen LogP contribution < -0.4 is 5.32 Å². The average molecular weight is 334 g/mol. The van der Waals surface area contributed by atoms with Gasteiger partial charge in [-0.05, 0) is 40.0 Å². The maximum atomic E-state index is 12.6. The molecule has 1 N–H and O–H groups in total. The average Bonchev–Trinajstić information content (AvgIpc) is 3.01. The van der Waals surface area contributed by atoms with Gasteiger partial charge in [0.05, 0.1) is 5.56 Å². The van der Waals surface area contributed by atoms with Gasteiger partial charge in [-0.15, -0.1) is 5.10 Å². The summed E-state index contributed by atoms with van der Waals surface area (Å²) < 4.78 is 1.52. The van der Waals surface area contributed by atoms with Gasteiger partial charge in [0.2, 0.25) is 0 Å². The molecule has 1 unspecified atom stereocenters. The minimum absolute atomic E-state index is 0.0885. The number of nitrogens with zero attached hydrogens (tertiary/aromatic N) is 5. The minimum Gasteiger partial charge on any atom is -0.349 e. The zero-order valence-corrected chi connectivity index (χ0v) is 13.6. The van der Waals surface area contributed by atoms with E-state index < -0.39 is 0 Å². The van der Waals surface area contributed by atoms with Gasteiger partial charge in [-0.1, -0.05) is 30.3 Å². The monoisotopic (exact) mass is 334 g/mol. The van der Waals surface area contributed by atoms with E-state index >= 15 is 0 Å². The molecule has 1 saturated carbocycles. The van der Waals surface area contributed by atoms with Crippen LogP contribution in [0.15, 0.2) is 48.7 Å². The number of rotatable bonds is 4. The fraction of sp³-hybridized carbons (Fsp3) is 0.333. The Morgan fingerprint density at radius 2 is 1.92 bits per heavy atom. The lowest BCUT2D eigenvalue weighted by molar-refractivity contribution is 0.0943. The molecule has 2 fully saturated rings. The van der Waals surface area contributed by atoms with Crippen LogP contribution in [0.1, 0.15) is 15.9 Å². The molecule has 1 aliphatic heterocycles. The fourth-order valence-corrected chi connectivity index (χ4v) is 3.97. The van der Waals surface area contributed by atoms with Crippen molar-refractivity contribution in [2.75, 3.05) is 13.1 Å². The first-order valence-corrected chi connectivity index (χ1v) is 8.53. The van der Waals surface area contributed by atoms with Gasteiger partial charge in [0.15, 0.2) is 5.65 Å². The van der Waals surface area contributed by atoms with E-state index in [9.17, 15) is 4.79 Å². The third-order valence-electron chi connectivity index (χ3n) is 5.28. The van der Waals surface area contributed by atoms with Crippen molar-refractivity contribution in [3.63, 3.8) is 0 Å². The summed E-state index contributed by atoms with van der Waals surface area (Å²) in [6, 6.07) is 14.4. The topological polar surface area (TPSA) is 75.4 Å². The summed E-state index contributed by atoms with van der Waals surface area (Å²) in [5.41, 5.74) is 2.37. The van der Waals surface area contributed by atoms with Crippen LogP contribution in [-0.2, 0) is 6.54 Å². The van der Waals surface area contributed by atoms with Crippen LogP contribution in [0.5, 0.6) is 0 Å². The van der Waals surface area contributed by atoms with E-state index in [2.05, 4.69) is 50.0 Å². The van der Waals surface area contributed by atoms with Gasteiger partial charge < -0.3 is 5.32 Å². The second kappa shape index (κ2) is 5.63. The van der Waals surface area contributed by atoms with Crippen molar-refractivity contribution >= 4 is 11.6 Å². The number of fused-ring (bicyclic) bond motifs is 2. The lowest BCUT2D eigenvalue weighted by atomic mass is 10.2. The molecule has 3 heterocycles. The highest BCUT2D eigenvalue weighted by Gasteiger charge is 2.56. The van der Waals surface area contributed by atoms with Crippen LogP contribution in [0.2, 0.25) is 0 Å². The Balaban J connectivity index is 1.21. The second-order valence-electron chi connectivity index (χ2n) is 6.88. The summed E-state index contributed by atoms with van der Waals surface area (Å²) in [5.74, 6) is 1.03. The molecule has 0 bridgehead atoms. The van der Waals surface area contributed by atoms with Gasteiger partial charge in [-0.3, -0.25) is 9.69 Å². The first-order chi connectivity index (χ1) is 12.3. The third-order valence-corrected chi connectivity index (χ3v) is 5.28. The van der Waals surface area contributed by atoms with E-state index in [-0.39, 0.29) is 11.9 Å². The highest BCUT2D eigenvalue weighted by molar-refractivity contribution is 5.99. The summed E-state index contributed by atoms with van der Waals surface area (Å²) in [6.45, 7) is 3.07. The lowest BCUT2D eigenvalue weighted by Crippen LogP contribution is -2.34. The van der Waals surface area contributed by atoms with Crippen LogP contribution in [0.4, 0.5) is 0 Å². The Kier molecular flexibility index (Phi) is 3.27. The van der Waals surface area contributed by atoms with Crippen molar-refractivity contribution in [1.29, 1.82) is 0 Å². The Morgan fingerprint density at radius 3 is 2.72 bits per heavy atom. The molecule has 126 valence electrons. The van der Waals surface area contributed by atoms with Gasteiger partial charge in [-0.25, -0.2) is 0 Å². The molecular weight excluding hydrogens is 316 g/mol. The van der Waals surface area contributed by atoms with Crippen LogP contribution in [0, 0.1) is 11.8 Å². The largest absolute Gasteiger partial charge is 0.349 e. The molecule has 3 aromatic rings. The Morgan fingerprint density at radius 1 is 1.12 bits per heavy atom. The summed E-state index contributed by atoms with van der Waals surface area (Å²) in [7, 11) is 0. The number of nitrogens with one attached hydrogen (secondary N) is 1. The van der Waals surface area contributed by atoms with E-state index in [0.29, 0.717) is 23.0 Å². The van der Waals surface area contributed by atoms with E-state index in [4.69, 9.17) is 0 Å². The minimum atomic E-state index is -0.0885. The maximum absolute atomic E-state index is 12.6. The van der Waals surface area contributed by atoms with E-state index in [1.165, 1.54) is 10.1 Å². The van der Waals surface area contributed by atoms with Gasteiger partial charge >= 0.3 is 0 Å². The molecule has 1 saturated heterocycles. The van der Waals surface area contributed by atoms with Gasteiger partial charge in [0, 0.05) is 31.9 Å². The van der Waals surface area contributed by atoms with Crippen LogP contribution in [-0.4, -0.2) is 50.0 Å². The van der Waals surface area contributed by atoms with Crippen LogP contribution >= 0.6 is 0 Å². The summed E-state index contributed by atoms with van der Waals surface area (Å²) >= 11 is 0. The highest BCUT2D eigenvalue weighted by Crippen LogP contribution is 2.46. The number of hydrogen-bond donors (Lipinski definition) is 1. The maximum Gasteiger partial charge on any atom is 0.255 e. The summed E-state index contributed by atoms with van der Waals surface area (Å²) in [5, 5.41) is 14.6. The number of aromatic nitrogens is 4. The first kappa shape index (κ1) is 14.5. The van der Waals surface area contributed by atoms with Crippen molar-refractivity contribution in [3.05, 3.63) is 59.8 Å². The normalized spacial score (nSPS) is 25.0. The Bertz CT molecular complexity index is 911. The zero-order valence-electron chi connectivity index (χ0n) is 13.6. The molecule has 1 aliphatic carbocycles. The molecule has 0 radical (unpaired) electrons. The number of tetrazole rings is 1. The standard InChI is InChI=1S/C18H18N6O/c25-18(13-7-4-8-24-17(13)20-21-22-24)19-16-14-10-23(11-15(14)16)9-12-5-2-1-3-6-12/h1-8,14-16H,9-11H2,(H,19,25)/t14-,15+,16?. The molecule has 2 aromatic heterocycles. The number of piperidine rings is 1. The summed E-state index contributed by atoms with van der Waals surface area (Å²) in [6.07, 6.45) is 1.74. The van der Waals surface area contributed by atoms with Crippen molar-refractivity contribution in [2.45, 2.75) is 12.6 Å².